The van der Waals surface area contributed by atoms with Crippen molar-refractivity contribution in [3.63, 3.8) is 0 Å². The lowest BCUT2D eigenvalue weighted by molar-refractivity contribution is -0.137. The van der Waals surface area contributed by atoms with E-state index in [1.807, 2.05) is 6.92 Å². The van der Waals surface area contributed by atoms with Gasteiger partial charge in [0.2, 0.25) is 0 Å². The topological polar surface area (TPSA) is 78.4 Å². The van der Waals surface area contributed by atoms with E-state index >= 15 is 0 Å². The number of aliphatic carboxylic acids is 1. The molecule has 0 aromatic carbocycles. The predicted molar refractivity (Wildman–Crippen MR) is 76.1 cm³/mol. The van der Waals surface area contributed by atoms with Crippen LogP contribution in [0.1, 0.15) is 52.9 Å². The molecule has 0 aromatic rings. The molecule has 2 atom stereocenters. The van der Waals surface area contributed by atoms with Crippen LogP contribution in [0.5, 0.6) is 0 Å². The van der Waals surface area contributed by atoms with Crippen molar-refractivity contribution in [3.8, 4) is 0 Å². The first-order valence-corrected chi connectivity index (χ1v) is 7.23. The molecule has 0 rings (SSSR count). The molecule has 0 aliphatic heterocycles. The van der Waals surface area contributed by atoms with Crippen LogP contribution in [0, 0.1) is 11.8 Å². The van der Waals surface area contributed by atoms with Crippen molar-refractivity contribution in [2.75, 3.05) is 13.1 Å². The molecule has 0 spiro atoms. The Morgan fingerprint density at radius 1 is 1.16 bits per heavy atom. The maximum Gasteiger partial charge on any atom is 0.314 e. The van der Waals surface area contributed by atoms with Crippen molar-refractivity contribution in [1.82, 2.24) is 10.6 Å². The molecule has 0 saturated heterocycles. The minimum absolute atomic E-state index is 0.0506. The van der Waals surface area contributed by atoms with Crippen molar-refractivity contribution >= 4 is 12.0 Å². The quantitative estimate of drug-likeness (QED) is 0.572. The van der Waals surface area contributed by atoms with Crippen LogP contribution in [0.15, 0.2) is 0 Å². The standard InChI is InChI=1S/C14H28N2O3/c1-4-6-7-12(5-2)10-16-14(19)15-9-11(3)8-13(17)18/h11-12H,4-10H2,1-3H3,(H,17,18)(H2,15,16,19). The van der Waals surface area contributed by atoms with Gasteiger partial charge in [-0.15, -0.1) is 0 Å². The summed E-state index contributed by atoms with van der Waals surface area (Å²) in [5.41, 5.74) is 0. The van der Waals surface area contributed by atoms with Gasteiger partial charge in [0.1, 0.15) is 0 Å². The Morgan fingerprint density at radius 3 is 2.32 bits per heavy atom. The molecule has 0 heterocycles. The SMILES string of the molecule is CCCCC(CC)CNC(=O)NCC(C)CC(=O)O. The molecular formula is C14H28N2O3. The molecule has 19 heavy (non-hydrogen) atoms. The van der Waals surface area contributed by atoms with Gasteiger partial charge in [-0.1, -0.05) is 40.0 Å². The number of nitrogens with one attached hydrogen (secondary N) is 2. The molecule has 0 aliphatic carbocycles. The number of carboxylic acids is 1. The Morgan fingerprint density at radius 2 is 1.79 bits per heavy atom. The van der Waals surface area contributed by atoms with Gasteiger partial charge in [-0.2, -0.15) is 0 Å². The van der Waals surface area contributed by atoms with Gasteiger partial charge in [-0.05, 0) is 18.3 Å². The molecule has 0 fully saturated rings. The van der Waals surface area contributed by atoms with Crippen molar-refractivity contribution < 1.29 is 14.7 Å². The van der Waals surface area contributed by atoms with Crippen LogP contribution in [0.3, 0.4) is 0 Å². The van der Waals surface area contributed by atoms with Crippen molar-refractivity contribution in [1.29, 1.82) is 0 Å². The summed E-state index contributed by atoms with van der Waals surface area (Å²) in [7, 11) is 0. The number of amides is 2. The van der Waals surface area contributed by atoms with E-state index in [0.29, 0.717) is 19.0 Å². The second kappa shape index (κ2) is 10.6. The molecule has 0 aliphatic rings. The molecule has 5 nitrogen and oxygen atoms in total. The molecule has 3 N–H and O–H groups in total. The first kappa shape index (κ1) is 17.7. The Balaban J connectivity index is 3.75. The summed E-state index contributed by atoms with van der Waals surface area (Å²) in [5.74, 6) is -0.354. The fourth-order valence-corrected chi connectivity index (χ4v) is 1.88. The van der Waals surface area contributed by atoms with Gasteiger partial charge in [0.05, 0.1) is 0 Å². The molecular weight excluding hydrogens is 244 g/mol. The summed E-state index contributed by atoms with van der Waals surface area (Å²) in [6.07, 6.45) is 4.65. The number of hydrogen-bond donors (Lipinski definition) is 3. The summed E-state index contributed by atoms with van der Waals surface area (Å²) in [6, 6.07) is -0.202. The lowest BCUT2D eigenvalue weighted by Gasteiger charge is -2.16. The highest BCUT2D eigenvalue weighted by molar-refractivity contribution is 5.74. The van der Waals surface area contributed by atoms with Gasteiger partial charge >= 0.3 is 12.0 Å². The Labute approximate surface area is 116 Å². The highest BCUT2D eigenvalue weighted by atomic mass is 16.4. The van der Waals surface area contributed by atoms with E-state index in [2.05, 4.69) is 24.5 Å². The number of carbonyl (C=O) groups excluding carboxylic acids is 1. The van der Waals surface area contributed by atoms with Gasteiger partial charge in [0, 0.05) is 19.5 Å². The monoisotopic (exact) mass is 272 g/mol. The van der Waals surface area contributed by atoms with Crippen molar-refractivity contribution in [2.45, 2.75) is 52.9 Å². The smallest absolute Gasteiger partial charge is 0.314 e. The van der Waals surface area contributed by atoms with Crippen LogP contribution in [-0.4, -0.2) is 30.2 Å². The first-order chi connectivity index (χ1) is 8.99. The lowest BCUT2D eigenvalue weighted by atomic mass is 9.99. The van der Waals surface area contributed by atoms with E-state index in [-0.39, 0.29) is 18.4 Å². The third-order valence-electron chi connectivity index (χ3n) is 3.23. The van der Waals surface area contributed by atoms with Crippen LogP contribution in [0.25, 0.3) is 0 Å². The van der Waals surface area contributed by atoms with Crippen molar-refractivity contribution in [3.05, 3.63) is 0 Å². The zero-order valence-electron chi connectivity index (χ0n) is 12.4. The summed E-state index contributed by atoms with van der Waals surface area (Å²) in [5, 5.41) is 14.2. The van der Waals surface area contributed by atoms with Crippen LogP contribution >= 0.6 is 0 Å². The summed E-state index contributed by atoms with van der Waals surface area (Å²) >= 11 is 0. The third-order valence-corrected chi connectivity index (χ3v) is 3.23. The zero-order chi connectivity index (χ0) is 14.7. The average Bonchev–Trinajstić information content (AvgIpc) is 2.35. The molecule has 5 heteroatoms. The lowest BCUT2D eigenvalue weighted by Crippen LogP contribution is -2.40. The maximum atomic E-state index is 11.6. The Bertz CT molecular complexity index is 269. The van der Waals surface area contributed by atoms with Crippen molar-refractivity contribution in [2.24, 2.45) is 11.8 Å². The summed E-state index contributed by atoms with van der Waals surface area (Å²) in [6.45, 7) is 7.19. The fourth-order valence-electron chi connectivity index (χ4n) is 1.88. The molecule has 112 valence electrons. The van der Waals surface area contributed by atoms with Crippen LogP contribution in [-0.2, 0) is 4.79 Å². The summed E-state index contributed by atoms with van der Waals surface area (Å²) < 4.78 is 0. The Kier molecular flexibility index (Phi) is 9.94. The van der Waals surface area contributed by atoms with Gasteiger partial charge in [0.25, 0.3) is 0 Å². The van der Waals surface area contributed by atoms with Crippen LogP contribution < -0.4 is 10.6 Å². The third kappa shape index (κ3) is 10.4. The normalized spacial score (nSPS) is 13.6. The molecule has 0 radical (unpaired) electrons. The van der Waals surface area contributed by atoms with Gasteiger partial charge in [-0.3, -0.25) is 4.79 Å². The average molecular weight is 272 g/mol. The molecule has 0 bridgehead atoms. The van der Waals surface area contributed by atoms with Gasteiger partial charge in [-0.25, -0.2) is 4.79 Å². The van der Waals surface area contributed by atoms with E-state index in [0.717, 1.165) is 12.8 Å². The van der Waals surface area contributed by atoms with E-state index in [1.165, 1.54) is 12.8 Å². The van der Waals surface area contributed by atoms with Crippen LogP contribution in [0.4, 0.5) is 4.79 Å². The largest absolute Gasteiger partial charge is 0.481 e. The highest BCUT2D eigenvalue weighted by Gasteiger charge is 2.10. The van der Waals surface area contributed by atoms with Crippen LogP contribution in [0.2, 0.25) is 0 Å². The second-order valence-electron chi connectivity index (χ2n) is 5.21. The minimum Gasteiger partial charge on any atom is -0.481 e. The van der Waals surface area contributed by atoms with E-state index in [9.17, 15) is 9.59 Å². The number of urea groups is 1. The number of carbonyl (C=O) groups is 2. The Hall–Kier alpha value is -1.26. The number of rotatable bonds is 10. The van der Waals surface area contributed by atoms with Gasteiger partial charge in [0.15, 0.2) is 0 Å². The number of hydrogen-bond acceptors (Lipinski definition) is 2. The van der Waals surface area contributed by atoms with E-state index < -0.39 is 5.97 Å². The summed E-state index contributed by atoms with van der Waals surface area (Å²) in [4.78, 5) is 22.0. The van der Waals surface area contributed by atoms with E-state index in [1.54, 1.807) is 0 Å². The maximum absolute atomic E-state index is 11.6. The number of unbranched alkanes of at least 4 members (excludes halogenated alkanes) is 1. The first-order valence-electron chi connectivity index (χ1n) is 7.23. The fraction of sp³-hybridized carbons (Fsp3) is 0.857. The number of carboxylic acid groups (broad SMARTS) is 1. The minimum atomic E-state index is -0.833. The molecule has 2 unspecified atom stereocenters. The molecule has 0 aromatic heterocycles. The molecule has 2 amide bonds. The van der Waals surface area contributed by atoms with E-state index in [4.69, 9.17) is 5.11 Å². The highest BCUT2D eigenvalue weighted by Crippen LogP contribution is 2.11. The second-order valence-corrected chi connectivity index (χ2v) is 5.21. The van der Waals surface area contributed by atoms with Gasteiger partial charge < -0.3 is 15.7 Å². The molecule has 0 saturated carbocycles. The zero-order valence-corrected chi connectivity index (χ0v) is 12.4. The predicted octanol–water partition coefficient (Wildman–Crippen LogP) is 2.61.